The second kappa shape index (κ2) is 8.47. The van der Waals surface area contributed by atoms with Crippen LogP contribution in [0.15, 0.2) is 60.2 Å². The number of nitrogens with zero attached hydrogens (tertiary/aromatic N) is 1. The molecule has 1 saturated heterocycles. The highest BCUT2D eigenvalue weighted by atomic mass is 35.5. The van der Waals surface area contributed by atoms with E-state index in [2.05, 4.69) is 0 Å². The summed E-state index contributed by atoms with van der Waals surface area (Å²) >= 11 is 5.80. The lowest BCUT2D eigenvalue weighted by molar-refractivity contribution is -0.122. The summed E-state index contributed by atoms with van der Waals surface area (Å²) in [6.07, 6.45) is 3.18. The molecule has 2 aromatic rings. The number of imide groups is 1. The summed E-state index contributed by atoms with van der Waals surface area (Å²) in [6.45, 7) is 1.57. The molecule has 2 aromatic carbocycles. The fourth-order valence-electron chi connectivity index (χ4n) is 3.97. The average molecular weight is 438 g/mol. The molecule has 2 aliphatic rings. The fourth-order valence-corrected chi connectivity index (χ4v) is 4.10. The van der Waals surface area contributed by atoms with Crippen molar-refractivity contribution in [1.82, 2.24) is 0 Å². The molecule has 4 rings (SSSR count). The molecule has 0 N–H and O–H groups in total. The highest BCUT2D eigenvalue weighted by Crippen LogP contribution is 2.39. The van der Waals surface area contributed by atoms with Gasteiger partial charge in [-0.05, 0) is 68.3 Å². The van der Waals surface area contributed by atoms with Gasteiger partial charge in [-0.2, -0.15) is 0 Å². The van der Waals surface area contributed by atoms with E-state index in [1.165, 1.54) is 17.0 Å². The smallest absolute Gasteiger partial charge is 0.338 e. The van der Waals surface area contributed by atoms with Crippen molar-refractivity contribution in [3.05, 3.63) is 76.3 Å². The molecule has 1 fully saturated rings. The van der Waals surface area contributed by atoms with Gasteiger partial charge in [-0.25, -0.2) is 4.79 Å². The van der Waals surface area contributed by atoms with Crippen LogP contribution in [-0.2, 0) is 14.3 Å². The molecule has 1 heterocycles. The van der Waals surface area contributed by atoms with Gasteiger partial charge in [-0.1, -0.05) is 23.3 Å². The number of hydrogen-bond acceptors (Lipinski definition) is 5. The van der Waals surface area contributed by atoms with Crippen molar-refractivity contribution in [2.45, 2.75) is 19.8 Å². The van der Waals surface area contributed by atoms with Gasteiger partial charge < -0.3 is 4.74 Å². The van der Waals surface area contributed by atoms with E-state index in [-0.39, 0.29) is 35.0 Å². The Bertz CT molecular complexity index is 1090. The number of benzene rings is 2. The lowest BCUT2D eigenvalue weighted by Gasteiger charge is -2.18. The number of allylic oxidation sites excluding steroid dienone is 2. The lowest BCUT2D eigenvalue weighted by atomic mass is 9.82. The number of carbonyl (C=O) groups is 4. The zero-order chi connectivity index (χ0) is 22.1. The first-order valence-electron chi connectivity index (χ1n) is 9.94. The molecule has 6 nitrogen and oxygen atoms in total. The largest absolute Gasteiger partial charge is 0.454 e. The Kier molecular flexibility index (Phi) is 5.74. The van der Waals surface area contributed by atoms with Crippen LogP contribution in [0.4, 0.5) is 5.69 Å². The molecule has 1 aliphatic heterocycles. The Labute approximate surface area is 184 Å². The number of anilines is 1. The molecule has 0 spiro atoms. The second-order valence-electron chi connectivity index (χ2n) is 7.77. The van der Waals surface area contributed by atoms with E-state index in [1.54, 1.807) is 36.4 Å². The first-order chi connectivity index (χ1) is 14.8. The summed E-state index contributed by atoms with van der Waals surface area (Å²) in [5.74, 6) is -2.06. The topological polar surface area (TPSA) is 80.8 Å². The van der Waals surface area contributed by atoms with Gasteiger partial charge in [0.25, 0.3) is 0 Å². The second-order valence-corrected chi connectivity index (χ2v) is 8.20. The number of rotatable bonds is 5. The first kappa shape index (κ1) is 21.0. The van der Waals surface area contributed by atoms with Crippen LogP contribution in [-0.4, -0.2) is 30.2 Å². The molecule has 158 valence electrons. The normalized spacial score (nSPS) is 20.3. The maximum Gasteiger partial charge on any atom is 0.338 e. The highest BCUT2D eigenvalue weighted by Gasteiger charge is 2.48. The summed E-state index contributed by atoms with van der Waals surface area (Å²) in [4.78, 5) is 51.2. The number of Topliss-reactive ketones (excluding diaryl/α,β-unsaturated/α-hetero) is 1. The summed E-state index contributed by atoms with van der Waals surface area (Å²) in [5, 5.41) is 0.509. The zero-order valence-electron chi connectivity index (χ0n) is 16.8. The number of amides is 2. The third-order valence-electron chi connectivity index (χ3n) is 5.68. The van der Waals surface area contributed by atoms with E-state index < -0.39 is 12.6 Å². The molecule has 1 aliphatic carbocycles. The highest BCUT2D eigenvalue weighted by molar-refractivity contribution is 6.30. The SMILES string of the molecule is CC1=CCC2C(=O)N(c3ccc(C(=O)OCC(=O)c4ccc(Cl)cc4)cc3)C(=O)C2C1. The molecule has 0 saturated carbocycles. The molecule has 31 heavy (non-hydrogen) atoms. The molecule has 0 bridgehead atoms. The molecule has 0 radical (unpaired) electrons. The maximum atomic E-state index is 12.8. The standard InChI is InChI=1S/C24H20ClNO5/c1-14-2-11-19-20(12-14)23(29)26(22(19)28)18-9-5-16(6-10-18)24(30)31-13-21(27)15-3-7-17(25)8-4-15/h2-10,19-20H,11-13H2,1H3. The minimum Gasteiger partial charge on any atom is -0.454 e. The van der Waals surface area contributed by atoms with Crippen molar-refractivity contribution in [2.75, 3.05) is 11.5 Å². The Morgan fingerprint density at radius 3 is 2.26 bits per heavy atom. The van der Waals surface area contributed by atoms with E-state index in [0.717, 1.165) is 5.57 Å². The number of ether oxygens (including phenoxy) is 1. The lowest BCUT2D eigenvalue weighted by Crippen LogP contribution is -2.30. The molecular weight excluding hydrogens is 418 g/mol. The monoisotopic (exact) mass is 437 g/mol. The Morgan fingerprint density at radius 1 is 0.968 bits per heavy atom. The Balaban J connectivity index is 1.40. The van der Waals surface area contributed by atoms with Crippen molar-refractivity contribution >= 4 is 40.9 Å². The van der Waals surface area contributed by atoms with Gasteiger partial charge in [0.05, 0.1) is 23.1 Å². The van der Waals surface area contributed by atoms with E-state index in [4.69, 9.17) is 16.3 Å². The van der Waals surface area contributed by atoms with Gasteiger partial charge in [0.2, 0.25) is 11.8 Å². The number of esters is 1. The summed E-state index contributed by atoms with van der Waals surface area (Å²) in [7, 11) is 0. The van der Waals surface area contributed by atoms with Crippen LogP contribution in [0, 0.1) is 11.8 Å². The zero-order valence-corrected chi connectivity index (χ0v) is 17.6. The summed E-state index contributed by atoms with van der Waals surface area (Å²) in [6, 6.07) is 12.4. The third kappa shape index (κ3) is 4.16. The quantitative estimate of drug-likeness (QED) is 0.303. The predicted octanol–water partition coefficient (Wildman–Crippen LogP) is 4.23. The third-order valence-corrected chi connectivity index (χ3v) is 5.94. The molecule has 2 unspecified atom stereocenters. The molecule has 2 atom stereocenters. The van der Waals surface area contributed by atoms with Crippen molar-refractivity contribution in [1.29, 1.82) is 0 Å². The van der Waals surface area contributed by atoms with Gasteiger partial charge in [0.1, 0.15) is 0 Å². The van der Waals surface area contributed by atoms with Gasteiger partial charge in [0.15, 0.2) is 12.4 Å². The molecule has 7 heteroatoms. The van der Waals surface area contributed by atoms with E-state index >= 15 is 0 Å². The van der Waals surface area contributed by atoms with Crippen LogP contribution in [0.2, 0.25) is 5.02 Å². The minimum absolute atomic E-state index is 0.202. The van der Waals surface area contributed by atoms with Crippen molar-refractivity contribution in [3.8, 4) is 0 Å². The van der Waals surface area contributed by atoms with Crippen LogP contribution in [0.1, 0.15) is 40.5 Å². The van der Waals surface area contributed by atoms with Crippen molar-refractivity contribution < 1.29 is 23.9 Å². The van der Waals surface area contributed by atoms with Crippen LogP contribution in [0.5, 0.6) is 0 Å². The fraction of sp³-hybridized carbons (Fsp3) is 0.250. The van der Waals surface area contributed by atoms with E-state index in [9.17, 15) is 19.2 Å². The Morgan fingerprint density at radius 2 is 1.58 bits per heavy atom. The number of carbonyl (C=O) groups excluding carboxylic acids is 4. The molecule has 0 aromatic heterocycles. The minimum atomic E-state index is -0.665. The van der Waals surface area contributed by atoms with Crippen LogP contribution in [0.25, 0.3) is 0 Å². The van der Waals surface area contributed by atoms with Gasteiger partial charge >= 0.3 is 5.97 Å². The molecule has 2 amide bonds. The van der Waals surface area contributed by atoms with Crippen LogP contribution >= 0.6 is 11.6 Å². The van der Waals surface area contributed by atoms with E-state index in [1.807, 2.05) is 13.0 Å². The summed E-state index contributed by atoms with van der Waals surface area (Å²) < 4.78 is 5.10. The van der Waals surface area contributed by atoms with Crippen molar-refractivity contribution in [2.24, 2.45) is 11.8 Å². The summed E-state index contributed by atoms with van der Waals surface area (Å²) in [5.41, 5.74) is 2.16. The first-order valence-corrected chi connectivity index (χ1v) is 10.3. The number of ketones is 1. The van der Waals surface area contributed by atoms with Gasteiger partial charge in [0, 0.05) is 10.6 Å². The number of halogens is 1. The predicted molar refractivity (Wildman–Crippen MR) is 115 cm³/mol. The number of hydrogen-bond donors (Lipinski definition) is 0. The Hall–Kier alpha value is -3.25. The molecular formula is C24H20ClNO5. The van der Waals surface area contributed by atoms with E-state index in [0.29, 0.717) is 29.1 Å². The van der Waals surface area contributed by atoms with Crippen molar-refractivity contribution in [3.63, 3.8) is 0 Å². The van der Waals surface area contributed by atoms with Crippen LogP contribution < -0.4 is 4.90 Å². The number of fused-ring (bicyclic) bond motifs is 1. The van der Waals surface area contributed by atoms with Gasteiger partial charge in [-0.3, -0.25) is 19.3 Å². The van der Waals surface area contributed by atoms with Crippen LogP contribution in [0.3, 0.4) is 0 Å². The average Bonchev–Trinajstić information content (AvgIpc) is 3.02. The van der Waals surface area contributed by atoms with Gasteiger partial charge in [-0.15, -0.1) is 0 Å². The maximum absolute atomic E-state index is 12.8.